The number of thioether (sulfide) groups is 1. The summed E-state index contributed by atoms with van der Waals surface area (Å²) in [5.74, 6) is -0.0632. The molecule has 0 saturated carbocycles. The van der Waals surface area contributed by atoms with E-state index in [0.717, 1.165) is 0 Å². The number of para-hydroxylation sites is 2. The summed E-state index contributed by atoms with van der Waals surface area (Å²) in [6, 6.07) is 13.2. The van der Waals surface area contributed by atoms with Crippen molar-refractivity contribution in [3.05, 3.63) is 66.2 Å². The summed E-state index contributed by atoms with van der Waals surface area (Å²) in [4.78, 5) is 17.1. The Morgan fingerprint density at radius 2 is 1.96 bits per heavy atom. The van der Waals surface area contributed by atoms with Gasteiger partial charge in [-0.2, -0.15) is 0 Å². The van der Waals surface area contributed by atoms with Crippen molar-refractivity contribution < 1.29 is 13.9 Å². The molecule has 0 spiro atoms. The maximum absolute atomic E-state index is 13.3. The van der Waals surface area contributed by atoms with Gasteiger partial charge in [0.25, 0.3) is 5.91 Å². The molecular weight excluding hydrogens is 353 g/mol. The predicted molar refractivity (Wildman–Crippen MR) is 101 cm³/mol. The minimum absolute atomic E-state index is 0.325. The number of nitrogens with zero attached hydrogens (tertiary/aromatic N) is 2. The Morgan fingerprint density at radius 1 is 1.23 bits per heavy atom. The van der Waals surface area contributed by atoms with E-state index in [1.165, 1.54) is 30.1 Å². The number of imidazole rings is 1. The first-order valence-electron chi connectivity index (χ1n) is 8.05. The number of carbonyl (C=O) groups excluding carboxylic acids is 1. The second-order valence-corrected chi connectivity index (χ2v) is 6.10. The van der Waals surface area contributed by atoms with E-state index in [9.17, 15) is 9.18 Å². The Hall–Kier alpha value is -2.80. The number of ether oxygens (including phenoxy) is 1. The molecule has 0 radical (unpaired) electrons. The summed E-state index contributed by atoms with van der Waals surface area (Å²) < 4.78 is 20.5. The maximum atomic E-state index is 13.3. The van der Waals surface area contributed by atoms with Gasteiger partial charge in [0.1, 0.15) is 17.3 Å². The van der Waals surface area contributed by atoms with Gasteiger partial charge in [0.05, 0.1) is 18.5 Å². The highest BCUT2D eigenvalue weighted by atomic mass is 32.2. The molecule has 7 heteroatoms. The molecule has 1 heterocycles. The lowest BCUT2D eigenvalue weighted by Gasteiger charge is -2.13. The first kappa shape index (κ1) is 18.0. The molecule has 0 fully saturated rings. The van der Waals surface area contributed by atoms with E-state index in [-0.39, 0.29) is 11.7 Å². The Kier molecular flexibility index (Phi) is 5.58. The number of nitrogens with one attached hydrogen (secondary N) is 1. The number of benzene rings is 2. The highest BCUT2D eigenvalue weighted by Crippen LogP contribution is 2.26. The molecule has 2 aromatic carbocycles. The average molecular weight is 371 g/mol. The van der Waals surface area contributed by atoms with Crippen LogP contribution in [0.3, 0.4) is 0 Å². The third kappa shape index (κ3) is 3.72. The highest BCUT2D eigenvalue weighted by Gasteiger charge is 2.19. The molecule has 26 heavy (non-hydrogen) atoms. The third-order valence-electron chi connectivity index (χ3n) is 3.66. The summed E-state index contributed by atoms with van der Waals surface area (Å²) in [7, 11) is 0. The molecule has 5 nitrogen and oxygen atoms in total. The van der Waals surface area contributed by atoms with Crippen molar-refractivity contribution in [3.63, 3.8) is 0 Å². The van der Waals surface area contributed by atoms with Crippen LogP contribution in [0, 0.1) is 5.82 Å². The number of carbonyl (C=O) groups is 1. The zero-order valence-corrected chi connectivity index (χ0v) is 15.2. The molecule has 3 rings (SSSR count). The van der Waals surface area contributed by atoms with Crippen molar-refractivity contribution in [3.8, 4) is 11.4 Å². The molecule has 0 saturated heterocycles. The van der Waals surface area contributed by atoms with Gasteiger partial charge in [-0.1, -0.05) is 23.9 Å². The van der Waals surface area contributed by atoms with E-state index in [1.54, 1.807) is 28.8 Å². The van der Waals surface area contributed by atoms with Crippen LogP contribution in [-0.4, -0.2) is 28.3 Å². The Balaban J connectivity index is 1.96. The first-order valence-corrected chi connectivity index (χ1v) is 9.27. The number of halogens is 1. The number of rotatable bonds is 6. The van der Waals surface area contributed by atoms with Crippen LogP contribution < -0.4 is 10.1 Å². The van der Waals surface area contributed by atoms with Crippen molar-refractivity contribution in [1.82, 2.24) is 9.55 Å². The third-order valence-corrected chi connectivity index (χ3v) is 4.32. The van der Waals surface area contributed by atoms with E-state index < -0.39 is 0 Å². The molecular formula is C19H18FN3O2S. The zero-order valence-electron chi connectivity index (χ0n) is 14.4. The molecule has 0 aliphatic carbocycles. The van der Waals surface area contributed by atoms with Gasteiger partial charge in [-0.05, 0) is 49.6 Å². The maximum Gasteiger partial charge on any atom is 0.274 e. The normalized spacial score (nSPS) is 10.6. The van der Waals surface area contributed by atoms with Crippen molar-refractivity contribution in [1.29, 1.82) is 0 Å². The van der Waals surface area contributed by atoms with Crippen molar-refractivity contribution in [2.24, 2.45) is 0 Å². The Labute approximate surface area is 155 Å². The second-order valence-electron chi connectivity index (χ2n) is 5.33. The fraction of sp³-hybridized carbons (Fsp3) is 0.158. The summed E-state index contributed by atoms with van der Waals surface area (Å²) in [6.45, 7) is 2.38. The topological polar surface area (TPSA) is 56.1 Å². The van der Waals surface area contributed by atoms with Gasteiger partial charge in [-0.15, -0.1) is 0 Å². The van der Waals surface area contributed by atoms with Crippen LogP contribution in [0.2, 0.25) is 0 Å². The first-order chi connectivity index (χ1) is 12.6. The molecule has 134 valence electrons. The van der Waals surface area contributed by atoms with Crippen molar-refractivity contribution in [2.45, 2.75) is 12.1 Å². The minimum Gasteiger partial charge on any atom is -0.492 e. The molecule has 1 amide bonds. The SMILES string of the molecule is CCOc1ccccc1NC(=O)c1cnc(SC)n1-c1ccc(F)cc1. The van der Waals surface area contributed by atoms with Crippen molar-refractivity contribution in [2.75, 3.05) is 18.2 Å². The standard InChI is InChI=1S/C19H18FN3O2S/c1-3-25-17-7-5-4-6-15(17)22-18(24)16-12-21-19(26-2)23(16)14-10-8-13(20)9-11-14/h4-12H,3H2,1-2H3,(H,22,24). The fourth-order valence-corrected chi connectivity index (χ4v) is 3.06. The van der Waals surface area contributed by atoms with Gasteiger partial charge < -0.3 is 10.1 Å². The fourth-order valence-electron chi connectivity index (χ4n) is 2.52. The predicted octanol–water partition coefficient (Wildman–Crippen LogP) is 4.38. The molecule has 0 aliphatic heterocycles. The van der Waals surface area contributed by atoms with Crippen molar-refractivity contribution >= 4 is 23.4 Å². The number of anilines is 1. The Bertz CT molecular complexity index is 909. The van der Waals surface area contributed by atoms with Crippen LogP contribution in [-0.2, 0) is 0 Å². The van der Waals surface area contributed by atoms with Gasteiger partial charge in [0.15, 0.2) is 5.16 Å². The number of amides is 1. The summed E-state index contributed by atoms with van der Waals surface area (Å²) in [5.41, 5.74) is 1.60. The molecule has 3 aromatic rings. The monoisotopic (exact) mass is 371 g/mol. The number of hydrogen-bond donors (Lipinski definition) is 1. The van der Waals surface area contributed by atoms with Crippen LogP contribution in [0.1, 0.15) is 17.4 Å². The highest BCUT2D eigenvalue weighted by molar-refractivity contribution is 7.98. The largest absolute Gasteiger partial charge is 0.492 e. The number of hydrogen-bond acceptors (Lipinski definition) is 4. The van der Waals surface area contributed by atoms with Gasteiger partial charge in [-0.25, -0.2) is 9.37 Å². The van der Waals surface area contributed by atoms with Crippen LogP contribution in [0.25, 0.3) is 5.69 Å². The Morgan fingerprint density at radius 3 is 2.65 bits per heavy atom. The molecule has 1 aromatic heterocycles. The summed E-state index contributed by atoms with van der Waals surface area (Å²) >= 11 is 1.40. The van der Waals surface area contributed by atoms with E-state index in [4.69, 9.17) is 4.74 Å². The number of aromatic nitrogens is 2. The zero-order chi connectivity index (χ0) is 18.5. The lowest BCUT2D eigenvalue weighted by atomic mass is 10.2. The lowest BCUT2D eigenvalue weighted by Crippen LogP contribution is -2.17. The molecule has 0 atom stereocenters. The van der Waals surface area contributed by atoms with E-state index in [2.05, 4.69) is 10.3 Å². The summed E-state index contributed by atoms with van der Waals surface area (Å²) in [6.07, 6.45) is 3.38. The minimum atomic E-state index is -0.337. The molecule has 0 bridgehead atoms. The molecule has 0 unspecified atom stereocenters. The van der Waals surface area contributed by atoms with Crippen LogP contribution in [0.15, 0.2) is 59.9 Å². The van der Waals surface area contributed by atoms with E-state index >= 15 is 0 Å². The van der Waals surface area contributed by atoms with Gasteiger partial charge >= 0.3 is 0 Å². The quantitative estimate of drug-likeness (QED) is 0.653. The van der Waals surface area contributed by atoms with Gasteiger partial charge in [0.2, 0.25) is 0 Å². The average Bonchev–Trinajstić information content (AvgIpc) is 3.08. The van der Waals surface area contributed by atoms with Crippen LogP contribution >= 0.6 is 11.8 Å². The smallest absolute Gasteiger partial charge is 0.274 e. The molecule has 1 N–H and O–H groups in total. The summed E-state index contributed by atoms with van der Waals surface area (Å²) in [5, 5.41) is 3.50. The van der Waals surface area contributed by atoms with Gasteiger partial charge in [0, 0.05) is 5.69 Å². The lowest BCUT2D eigenvalue weighted by molar-refractivity contribution is 0.101. The van der Waals surface area contributed by atoms with Crippen LogP contribution in [0.4, 0.5) is 10.1 Å². The van der Waals surface area contributed by atoms with Crippen LogP contribution in [0.5, 0.6) is 5.75 Å². The van der Waals surface area contributed by atoms with E-state index in [0.29, 0.717) is 34.6 Å². The van der Waals surface area contributed by atoms with E-state index in [1.807, 2.05) is 25.3 Å². The van der Waals surface area contributed by atoms with Gasteiger partial charge in [-0.3, -0.25) is 9.36 Å². The second kappa shape index (κ2) is 8.05. The molecule has 0 aliphatic rings.